The maximum atomic E-state index is 13.9. The Balaban J connectivity index is 1.77. The van der Waals surface area contributed by atoms with Crippen molar-refractivity contribution in [1.82, 2.24) is 0 Å². The molecule has 3 aromatic carbocycles. The van der Waals surface area contributed by atoms with Crippen LogP contribution in [0.1, 0.15) is 18.1 Å². The lowest BCUT2D eigenvalue weighted by atomic mass is 9.96. The van der Waals surface area contributed by atoms with Crippen LogP contribution >= 0.6 is 15.9 Å². The number of furan rings is 1. The zero-order chi connectivity index (χ0) is 22.8. The number of methoxy groups -OCH3 is 1. The first-order chi connectivity index (χ1) is 15.4. The average Bonchev–Trinajstić information content (AvgIpc) is 3.20. The number of rotatable bonds is 5. The Kier molecular flexibility index (Phi) is 6.15. The van der Waals surface area contributed by atoms with Gasteiger partial charge in [0.2, 0.25) is 5.91 Å². The van der Waals surface area contributed by atoms with Crippen molar-refractivity contribution in [2.24, 2.45) is 0 Å². The Hall–Kier alpha value is -3.38. The zero-order valence-corrected chi connectivity index (χ0v) is 19.4. The second-order valence-electron chi connectivity index (χ2n) is 7.41. The van der Waals surface area contributed by atoms with Gasteiger partial charge in [-0.15, -0.1) is 0 Å². The number of aryl methyl sites for hydroxylation is 1. The molecule has 6 heteroatoms. The number of fused-ring (bicyclic) bond motifs is 1. The normalized spacial score (nSPS) is 11.6. The summed E-state index contributed by atoms with van der Waals surface area (Å²) in [7, 11) is 1.59. The minimum absolute atomic E-state index is 0.132. The summed E-state index contributed by atoms with van der Waals surface area (Å²) in [6.45, 7) is 3.75. The van der Waals surface area contributed by atoms with Gasteiger partial charge in [-0.25, -0.2) is 4.39 Å². The van der Waals surface area contributed by atoms with Gasteiger partial charge in [-0.1, -0.05) is 40.2 Å². The number of nitrogens with one attached hydrogen (secondary N) is 1. The summed E-state index contributed by atoms with van der Waals surface area (Å²) in [6.07, 6.45) is 3.17. The highest BCUT2D eigenvalue weighted by atomic mass is 79.9. The Morgan fingerprint density at radius 1 is 1.16 bits per heavy atom. The molecule has 0 aliphatic heterocycles. The average molecular weight is 494 g/mol. The second-order valence-corrected chi connectivity index (χ2v) is 8.33. The van der Waals surface area contributed by atoms with Crippen LogP contribution in [-0.2, 0) is 4.79 Å². The summed E-state index contributed by atoms with van der Waals surface area (Å²) in [5.74, 6) is -0.284. The molecule has 0 spiro atoms. The maximum absolute atomic E-state index is 13.9. The Labute approximate surface area is 193 Å². The molecule has 0 saturated heterocycles. The fourth-order valence-electron chi connectivity index (χ4n) is 3.73. The number of anilines is 1. The first-order valence-corrected chi connectivity index (χ1v) is 10.8. The van der Waals surface area contributed by atoms with Gasteiger partial charge in [-0.3, -0.25) is 4.79 Å². The van der Waals surface area contributed by atoms with Crippen molar-refractivity contribution >= 4 is 44.1 Å². The van der Waals surface area contributed by atoms with E-state index in [1.54, 1.807) is 25.5 Å². The van der Waals surface area contributed by atoms with E-state index in [2.05, 4.69) is 21.2 Å². The van der Waals surface area contributed by atoms with Crippen molar-refractivity contribution in [2.45, 2.75) is 13.8 Å². The van der Waals surface area contributed by atoms with Crippen molar-refractivity contribution in [1.29, 1.82) is 0 Å². The summed E-state index contributed by atoms with van der Waals surface area (Å²) >= 11 is 3.46. The van der Waals surface area contributed by atoms with Gasteiger partial charge in [-0.2, -0.15) is 0 Å². The first kappa shape index (κ1) is 21.8. The summed E-state index contributed by atoms with van der Waals surface area (Å²) in [5.41, 5.74) is 5.11. The molecule has 0 saturated carbocycles. The summed E-state index contributed by atoms with van der Waals surface area (Å²) in [4.78, 5) is 12.5. The molecule has 4 rings (SSSR count). The van der Waals surface area contributed by atoms with Gasteiger partial charge in [-0.05, 0) is 55.3 Å². The van der Waals surface area contributed by atoms with Crippen LogP contribution in [0.3, 0.4) is 0 Å². The largest absolute Gasteiger partial charge is 0.496 e. The molecular weight excluding hydrogens is 473 g/mol. The molecule has 4 nitrogen and oxygen atoms in total. The topological polar surface area (TPSA) is 51.5 Å². The molecule has 0 aliphatic rings. The molecule has 0 bridgehead atoms. The van der Waals surface area contributed by atoms with Gasteiger partial charge in [0.1, 0.15) is 17.1 Å². The van der Waals surface area contributed by atoms with Gasteiger partial charge in [0.05, 0.1) is 19.1 Å². The molecular formula is C26H21BrFNO3. The number of amides is 1. The summed E-state index contributed by atoms with van der Waals surface area (Å²) in [5, 5.41) is 3.50. The van der Waals surface area contributed by atoms with Gasteiger partial charge in [0.25, 0.3) is 0 Å². The van der Waals surface area contributed by atoms with E-state index in [0.717, 1.165) is 37.7 Å². The van der Waals surface area contributed by atoms with E-state index in [-0.39, 0.29) is 5.69 Å². The number of halogens is 2. The lowest BCUT2D eigenvalue weighted by Gasteiger charge is -2.13. The minimum atomic E-state index is -0.487. The molecule has 1 N–H and O–H groups in total. The van der Waals surface area contributed by atoms with Gasteiger partial charge < -0.3 is 14.5 Å². The molecule has 0 atom stereocenters. The third-order valence-electron chi connectivity index (χ3n) is 5.31. The van der Waals surface area contributed by atoms with E-state index < -0.39 is 11.7 Å². The maximum Gasteiger partial charge on any atom is 0.248 e. The highest BCUT2D eigenvalue weighted by molar-refractivity contribution is 9.10. The highest BCUT2D eigenvalue weighted by Crippen LogP contribution is 2.40. The SMILES string of the molecule is COc1c(/C(C)=C/C(=O)Nc2ccccc2F)cc2c(-c3ccc(Br)cc3)coc2c1C. The molecule has 1 heterocycles. The van der Waals surface area contributed by atoms with Crippen LogP contribution < -0.4 is 10.1 Å². The lowest BCUT2D eigenvalue weighted by Crippen LogP contribution is -2.10. The number of para-hydroxylation sites is 1. The van der Waals surface area contributed by atoms with E-state index in [1.165, 1.54) is 18.2 Å². The molecule has 4 aromatic rings. The van der Waals surface area contributed by atoms with Crippen molar-refractivity contribution in [3.63, 3.8) is 0 Å². The van der Waals surface area contributed by atoms with Crippen molar-refractivity contribution in [3.8, 4) is 16.9 Å². The molecule has 162 valence electrons. The predicted octanol–water partition coefficient (Wildman–Crippen LogP) is 7.36. The van der Waals surface area contributed by atoms with Crippen molar-refractivity contribution in [2.75, 3.05) is 12.4 Å². The molecule has 0 aliphatic carbocycles. The van der Waals surface area contributed by atoms with Crippen molar-refractivity contribution in [3.05, 3.63) is 88.4 Å². The van der Waals surface area contributed by atoms with E-state index >= 15 is 0 Å². The summed E-state index contributed by atoms with van der Waals surface area (Å²) < 4.78 is 26.4. The standard InChI is InChI=1S/C26H21BrFNO3/c1-15(12-24(30)29-23-7-5-4-6-22(23)28)19-13-20-21(17-8-10-18(27)11-9-17)14-32-26(20)16(2)25(19)31-3/h4-14H,1-3H3,(H,29,30)/b15-12+. The molecule has 0 fully saturated rings. The van der Waals surface area contributed by atoms with E-state index in [4.69, 9.17) is 9.15 Å². The van der Waals surface area contributed by atoms with Crippen LogP contribution in [0.5, 0.6) is 5.75 Å². The Morgan fingerprint density at radius 2 is 1.88 bits per heavy atom. The Morgan fingerprint density at radius 3 is 2.56 bits per heavy atom. The number of carbonyl (C=O) groups excluding carboxylic acids is 1. The number of carbonyl (C=O) groups is 1. The van der Waals surface area contributed by atoms with E-state index in [0.29, 0.717) is 11.3 Å². The molecule has 1 amide bonds. The summed E-state index contributed by atoms with van der Waals surface area (Å²) in [6, 6.07) is 16.0. The fraction of sp³-hybridized carbons (Fsp3) is 0.115. The van der Waals surface area contributed by atoms with E-state index in [1.807, 2.05) is 44.2 Å². The van der Waals surface area contributed by atoms with Crippen LogP contribution in [0.4, 0.5) is 10.1 Å². The molecule has 1 aromatic heterocycles. The number of benzene rings is 3. The van der Waals surface area contributed by atoms with Gasteiger partial charge >= 0.3 is 0 Å². The quantitative estimate of drug-likeness (QED) is 0.295. The van der Waals surface area contributed by atoms with Crippen LogP contribution in [-0.4, -0.2) is 13.0 Å². The van der Waals surface area contributed by atoms with Gasteiger partial charge in [0, 0.05) is 32.6 Å². The second kappa shape index (κ2) is 9.01. The predicted molar refractivity (Wildman–Crippen MR) is 129 cm³/mol. The number of allylic oxidation sites excluding steroid dienone is 1. The molecule has 0 unspecified atom stereocenters. The highest BCUT2D eigenvalue weighted by Gasteiger charge is 2.19. The van der Waals surface area contributed by atoms with E-state index in [9.17, 15) is 9.18 Å². The number of ether oxygens (including phenoxy) is 1. The molecule has 0 radical (unpaired) electrons. The third-order valence-corrected chi connectivity index (χ3v) is 5.84. The van der Waals surface area contributed by atoms with Crippen molar-refractivity contribution < 1.29 is 18.3 Å². The van der Waals surface area contributed by atoms with Crippen LogP contribution in [0.15, 0.2) is 75.8 Å². The first-order valence-electron chi connectivity index (χ1n) is 9.98. The fourth-order valence-corrected chi connectivity index (χ4v) is 3.99. The monoisotopic (exact) mass is 493 g/mol. The van der Waals surface area contributed by atoms with Crippen LogP contribution in [0.25, 0.3) is 27.7 Å². The number of hydrogen-bond donors (Lipinski definition) is 1. The smallest absolute Gasteiger partial charge is 0.248 e. The van der Waals surface area contributed by atoms with Crippen LogP contribution in [0.2, 0.25) is 0 Å². The van der Waals surface area contributed by atoms with Gasteiger partial charge in [0.15, 0.2) is 0 Å². The van der Waals surface area contributed by atoms with Crippen LogP contribution in [0, 0.1) is 12.7 Å². The minimum Gasteiger partial charge on any atom is -0.496 e. The third kappa shape index (κ3) is 4.18. The Bertz CT molecular complexity index is 1340. The molecule has 32 heavy (non-hydrogen) atoms. The lowest BCUT2D eigenvalue weighted by molar-refractivity contribution is -0.111. The number of hydrogen-bond acceptors (Lipinski definition) is 3. The zero-order valence-electron chi connectivity index (χ0n) is 17.8.